The number of unbranched alkanes of at least 4 members (excludes halogenated alkanes) is 2. The van der Waals surface area contributed by atoms with E-state index in [2.05, 4.69) is 47.3 Å². The third-order valence-electron chi connectivity index (χ3n) is 4.75. The van der Waals surface area contributed by atoms with Crippen LogP contribution in [0.3, 0.4) is 0 Å². The molecule has 1 aromatic heterocycles. The molecule has 0 saturated heterocycles. The van der Waals surface area contributed by atoms with Gasteiger partial charge >= 0.3 is 6.09 Å². The van der Waals surface area contributed by atoms with E-state index in [1.165, 1.54) is 16.0 Å². The summed E-state index contributed by atoms with van der Waals surface area (Å²) in [4.78, 5) is 20.9. The average molecular weight is 444 g/mol. The van der Waals surface area contributed by atoms with Crippen LogP contribution in [0, 0.1) is 6.92 Å². The quantitative estimate of drug-likeness (QED) is 0.274. The van der Waals surface area contributed by atoms with Crippen molar-refractivity contribution < 1.29 is 9.53 Å². The van der Waals surface area contributed by atoms with Gasteiger partial charge in [0.2, 0.25) is 0 Å². The largest absolute Gasteiger partial charge is 0.449 e. The van der Waals surface area contributed by atoms with Crippen LogP contribution in [0.5, 0.6) is 0 Å². The molecule has 0 unspecified atom stereocenters. The van der Waals surface area contributed by atoms with Crippen molar-refractivity contribution in [3.05, 3.63) is 53.6 Å². The first-order valence-corrected chi connectivity index (χ1v) is 12.3. The number of hydrogen-bond donors (Lipinski definition) is 2. The highest BCUT2D eigenvalue weighted by molar-refractivity contribution is 7.99. The second-order valence-electron chi connectivity index (χ2n) is 7.01. The normalized spacial score (nSPS) is 11.0. The number of thioether (sulfide) groups is 2. The molecule has 0 spiro atoms. The molecule has 1 amide bonds. The minimum absolute atomic E-state index is 0.320. The minimum Gasteiger partial charge on any atom is -0.449 e. The Bertz CT molecular complexity index is 926. The molecule has 0 aliphatic rings. The molecule has 3 aromatic rings. The van der Waals surface area contributed by atoms with E-state index in [1.807, 2.05) is 24.3 Å². The second kappa shape index (κ2) is 11.9. The number of nitrogens with zero attached hydrogens (tertiary/aromatic N) is 1. The Morgan fingerprint density at radius 3 is 2.83 bits per heavy atom. The number of amides is 1. The minimum atomic E-state index is -0.320. The summed E-state index contributed by atoms with van der Waals surface area (Å²) in [6.07, 6.45) is 2.95. The number of para-hydroxylation sites is 2. The van der Waals surface area contributed by atoms with Crippen molar-refractivity contribution in [3.8, 4) is 0 Å². The summed E-state index contributed by atoms with van der Waals surface area (Å²) >= 11 is 3.43. The maximum atomic E-state index is 11.7. The highest BCUT2D eigenvalue weighted by Crippen LogP contribution is 2.29. The van der Waals surface area contributed by atoms with Crippen LogP contribution in [0.1, 0.15) is 37.3 Å². The van der Waals surface area contributed by atoms with E-state index in [-0.39, 0.29) is 6.09 Å². The molecule has 5 nitrogen and oxygen atoms in total. The molecule has 0 atom stereocenters. The second-order valence-corrected chi connectivity index (χ2v) is 9.11. The Morgan fingerprint density at radius 2 is 2.00 bits per heavy atom. The van der Waals surface area contributed by atoms with Crippen LogP contribution in [0.4, 0.5) is 4.79 Å². The number of rotatable bonds is 11. The molecule has 0 bridgehead atoms. The van der Waals surface area contributed by atoms with Gasteiger partial charge in [-0.05, 0) is 42.7 Å². The lowest BCUT2D eigenvalue weighted by Gasteiger charge is -2.11. The van der Waals surface area contributed by atoms with Crippen LogP contribution in [0.15, 0.2) is 52.5 Å². The van der Waals surface area contributed by atoms with Crippen molar-refractivity contribution >= 4 is 40.7 Å². The van der Waals surface area contributed by atoms with Crippen molar-refractivity contribution in [2.24, 2.45) is 0 Å². The van der Waals surface area contributed by atoms with Crippen molar-refractivity contribution in [3.63, 3.8) is 0 Å². The molecule has 0 aliphatic carbocycles. The summed E-state index contributed by atoms with van der Waals surface area (Å²) in [5.41, 5.74) is 4.63. The average Bonchev–Trinajstić information content (AvgIpc) is 3.17. The van der Waals surface area contributed by atoms with Crippen LogP contribution in [0.25, 0.3) is 11.0 Å². The van der Waals surface area contributed by atoms with Crippen LogP contribution in [-0.4, -0.2) is 35.0 Å². The van der Waals surface area contributed by atoms with Crippen molar-refractivity contribution in [2.75, 3.05) is 18.9 Å². The fourth-order valence-electron chi connectivity index (χ4n) is 3.02. The molecule has 3 rings (SSSR count). The Labute approximate surface area is 186 Å². The monoisotopic (exact) mass is 443 g/mol. The van der Waals surface area contributed by atoms with Gasteiger partial charge in [0.15, 0.2) is 5.16 Å². The molecule has 0 saturated carbocycles. The molecule has 30 heavy (non-hydrogen) atoms. The van der Waals surface area contributed by atoms with E-state index in [9.17, 15) is 4.79 Å². The number of fused-ring (bicyclic) bond motifs is 1. The van der Waals surface area contributed by atoms with Crippen LogP contribution >= 0.6 is 23.5 Å². The van der Waals surface area contributed by atoms with E-state index in [1.54, 1.807) is 23.5 Å². The van der Waals surface area contributed by atoms with Gasteiger partial charge in [-0.1, -0.05) is 55.8 Å². The Kier molecular flexibility index (Phi) is 8.96. The maximum absolute atomic E-state index is 11.7. The number of nitrogens with one attached hydrogen (secondary N) is 2. The van der Waals surface area contributed by atoms with Gasteiger partial charge in [-0.2, -0.15) is 0 Å². The van der Waals surface area contributed by atoms with Crippen molar-refractivity contribution in [1.29, 1.82) is 0 Å². The predicted octanol–water partition coefficient (Wildman–Crippen LogP) is 6.17. The van der Waals surface area contributed by atoms with Crippen LogP contribution in [-0.2, 0) is 10.5 Å². The third-order valence-corrected chi connectivity index (χ3v) is 6.80. The molecule has 1 heterocycles. The molecule has 7 heteroatoms. The van der Waals surface area contributed by atoms with Gasteiger partial charge in [0, 0.05) is 22.9 Å². The summed E-state index contributed by atoms with van der Waals surface area (Å²) in [6, 6.07) is 14.5. The Morgan fingerprint density at radius 1 is 1.13 bits per heavy atom. The summed E-state index contributed by atoms with van der Waals surface area (Å²) < 4.78 is 5.26. The van der Waals surface area contributed by atoms with Crippen LogP contribution in [0.2, 0.25) is 0 Å². The fraction of sp³-hybridized carbons (Fsp3) is 0.391. The van der Waals surface area contributed by atoms with Gasteiger partial charge in [-0.25, -0.2) is 9.78 Å². The lowest BCUT2D eigenvalue weighted by atomic mass is 10.1. The van der Waals surface area contributed by atoms with Gasteiger partial charge < -0.3 is 15.0 Å². The lowest BCUT2D eigenvalue weighted by Crippen LogP contribution is -2.26. The first kappa shape index (κ1) is 22.6. The topological polar surface area (TPSA) is 67.0 Å². The first-order chi connectivity index (χ1) is 14.7. The molecular formula is C23H29N3O2S2. The number of hydrogen-bond acceptors (Lipinski definition) is 5. The van der Waals surface area contributed by atoms with Crippen molar-refractivity contribution in [2.45, 2.75) is 48.9 Å². The number of benzene rings is 2. The number of aromatic amines is 1. The summed E-state index contributed by atoms with van der Waals surface area (Å²) in [5, 5.41) is 3.73. The molecule has 0 radical (unpaired) electrons. The van der Waals surface area contributed by atoms with Crippen LogP contribution < -0.4 is 5.32 Å². The van der Waals surface area contributed by atoms with Gasteiger partial charge in [0.1, 0.15) is 6.61 Å². The summed E-state index contributed by atoms with van der Waals surface area (Å²) in [6.45, 7) is 5.38. The number of H-pyrrole nitrogens is 1. The molecule has 160 valence electrons. The van der Waals surface area contributed by atoms with E-state index >= 15 is 0 Å². The van der Waals surface area contributed by atoms with Gasteiger partial charge in [-0.15, -0.1) is 11.8 Å². The zero-order chi connectivity index (χ0) is 21.2. The first-order valence-electron chi connectivity index (χ1n) is 10.4. The molecule has 0 aliphatic heterocycles. The van der Waals surface area contributed by atoms with E-state index in [0.29, 0.717) is 13.2 Å². The van der Waals surface area contributed by atoms with E-state index in [4.69, 9.17) is 4.74 Å². The van der Waals surface area contributed by atoms with Crippen molar-refractivity contribution in [1.82, 2.24) is 15.3 Å². The van der Waals surface area contributed by atoms with Gasteiger partial charge in [0.25, 0.3) is 0 Å². The lowest BCUT2D eigenvalue weighted by molar-refractivity contribution is 0.153. The van der Waals surface area contributed by atoms with E-state index < -0.39 is 0 Å². The summed E-state index contributed by atoms with van der Waals surface area (Å²) in [7, 11) is 0. The SMILES string of the molecule is CCCCCNC(=O)OCCSc1cccc(CSc2nc3ccccc3[nH]2)c1C. The summed E-state index contributed by atoms with van der Waals surface area (Å²) in [5.74, 6) is 1.60. The standard InChI is InChI=1S/C23H29N3O2S2/c1-3-4-7-13-24-23(27)28-14-15-29-21-12-8-9-18(17(21)2)16-30-22-25-19-10-5-6-11-20(19)26-22/h5-6,8-12H,3-4,7,13-16H2,1-2H3,(H,24,27)(H,25,26). The van der Waals surface area contributed by atoms with E-state index in [0.717, 1.165) is 47.0 Å². The Balaban J connectivity index is 1.44. The maximum Gasteiger partial charge on any atom is 0.407 e. The number of alkyl carbamates (subject to hydrolysis) is 1. The number of imidazole rings is 1. The molecule has 2 N–H and O–H groups in total. The number of carbonyl (C=O) groups is 1. The zero-order valence-electron chi connectivity index (χ0n) is 17.6. The van der Waals surface area contributed by atoms with Gasteiger partial charge in [0.05, 0.1) is 11.0 Å². The third kappa shape index (κ3) is 6.71. The molecule has 0 fully saturated rings. The zero-order valence-corrected chi connectivity index (χ0v) is 19.2. The highest BCUT2D eigenvalue weighted by atomic mass is 32.2. The highest BCUT2D eigenvalue weighted by Gasteiger charge is 2.08. The predicted molar refractivity (Wildman–Crippen MR) is 126 cm³/mol. The number of aromatic nitrogens is 2. The molecular weight excluding hydrogens is 414 g/mol. The molecule has 2 aromatic carbocycles. The number of carbonyl (C=O) groups excluding carboxylic acids is 1. The fourth-order valence-corrected chi connectivity index (χ4v) is 4.88. The van der Waals surface area contributed by atoms with Gasteiger partial charge in [-0.3, -0.25) is 0 Å². The number of ether oxygens (including phenoxy) is 1. The Hall–Kier alpha value is -2.12. The smallest absolute Gasteiger partial charge is 0.407 e.